The van der Waals surface area contributed by atoms with Gasteiger partial charge in [0.05, 0.1) is 18.4 Å². The Morgan fingerprint density at radius 3 is 2.89 bits per heavy atom. The van der Waals surface area contributed by atoms with Gasteiger partial charge in [0.15, 0.2) is 0 Å². The van der Waals surface area contributed by atoms with Crippen molar-refractivity contribution in [2.75, 3.05) is 19.6 Å². The van der Waals surface area contributed by atoms with Gasteiger partial charge in [-0.15, -0.1) is 10.2 Å². The first kappa shape index (κ1) is 17.8. The number of hydrogen-bond donors (Lipinski definition) is 2. The lowest BCUT2D eigenvalue weighted by atomic mass is 9.95. The minimum absolute atomic E-state index is 0.507. The fraction of sp³-hybridized carbons (Fsp3) is 0.450. The van der Waals surface area contributed by atoms with E-state index in [1.807, 2.05) is 24.4 Å². The molecule has 1 fully saturated rings. The first-order valence-corrected chi connectivity index (χ1v) is 10.3. The summed E-state index contributed by atoms with van der Waals surface area (Å²) in [5, 5.41) is 20.4. The van der Waals surface area contributed by atoms with Crippen molar-refractivity contribution in [2.45, 2.75) is 38.4 Å². The van der Waals surface area contributed by atoms with E-state index >= 15 is 0 Å². The second kappa shape index (κ2) is 7.66. The van der Waals surface area contributed by atoms with Gasteiger partial charge in [0, 0.05) is 41.7 Å². The highest BCUT2D eigenvalue weighted by Gasteiger charge is 2.27. The third-order valence-electron chi connectivity index (χ3n) is 5.83. The molecule has 0 radical (unpaired) electrons. The number of benzene rings is 1. The molecule has 1 saturated heterocycles. The van der Waals surface area contributed by atoms with Crippen LogP contribution in [0.25, 0.3) is 11.3 Å². The fourth-order valence-corrected chi connectivity index (χ4v) is 4.52. The van der Waals surface area contributed by atoms with E-state index in [0.717, 1.165) is 74.2 Å². The van der Waals surface area contributed by atoms with E-state index in [4.69, 9.17) is 11.6 Å². The number of halogens is 1. The lowest BCUT2D eigenvalue weighted by molar-refractivity contribution is 0.199. The van der Waals surface area contributed by atoms with Crippen LogP contribution in [0, 0.1) is 0 Å². The summed E-state index contributed by atoms with van der Waals surface area (Å²) in [6.07, 6.45) is 4.18. The van der Waals surface area contributed by atoms with Crippen molar-refractivity contribution in [2.24, 2.45) is 0 Å². The molecule has 2 aliphatic rings. The third-order valence-corrected chi connectivity index (χ3v) is 6.06. The van der Waals surface area contributed by atoms with Crippen LogP contribution in [-0.2, 0) is 19.6 Å². The van der Waals surface area contributed by atoms with E-state index in [1.165, 1.54) is 11.4 Å². The van der Waals surface area contributed by atoms with Gasteiger partial charge in [0.25, 0.3) is 0 Å². The molecule has 0 saturated carbocycles. The van der Waals surface area contributed by atoms with Gasteiger partial charge in [-0.1, -0.05) is 23.7 Å². The maximum absolute atomic E-state index is 6.16. The van der Waals surface area contributed by atoms with Crippen molar-refractivity contribution in [3.63, 3.8) is 0 Å². The van der Waals surface area contributed by atoms with Crippen LogP contribution in [0.1, 0.15) is 36.0 Å². The van der Waals surface area contributed by atoms with Crippen molar-refractivity contribution >= 4 is 11.6 Å². The number of fused-ring (bicyclic) bond motifs is 1. The topological polar surface area (TPSA) is 74.7 Å². The zero-order valence-electron chi connectivity index (χ0n) is 15.7. The average molecular weight is 398 g/mol. The molecule has 3 aromatic rings. The largest absolute Gasteiger partial charge is 0.312 e. The second-order valence-corrected chi connectivity index (χ2v) is 8.07. The molecular formula is C20H24ClN7. The van der Waals surface area contributed by atoms with Crippen LogP contribution in [0.4, 0.5) is 0 Å². The van der Waals surface area contributed by atoms with Crippen LogP contribution in [0.3, 0.4) is 0 Å². The molecule has 1 aromatic carbocycles. The number of piperidine rings is 1. The molecule has 4 heterocycles. The minimum atomic E-state index is 0.507. The number of H-pyrrole nitrogens is 1. The summed E-state index contributed by atoms with van der Waals surface area (Å²) in [5.74, 6) is 2.76. The maximum atomic E-state index is 6.16. The van der Waals surface area contributed by atoms with E-state index in [2.05, 4.69) is 41.2 Å². The van der Waals surface area contributed by atoms with Gasteiger partial charge in [0.2, 0.25) is 0 Å². The van der Waals surface area contributed by atoms with E-state index in [0.29, 0.717) is 5.92 Å². The third kappa shape index (κ3) is 3.45. The van der Waals surface area contributed by atoms with Crippen molar-refractivity contribution in [3.05, 3.63) is 52.7 Å². The summed E-state index contributed by atoms with van der Waals surface area (Å²) >= 11 is 6.16. The molecule has 8 heteroatoms. The fourth-order valence-electron chi connectivity index (χ4n) is 4.33. The average Bonchev–Trinajstić information content (AvgIpc) is 3.36. The van der Waals surface area contributed by atoms with Crippen molar-refractivity contribution < 1.29 is 0 Å². The van der Waals surface area contributed by atoms with Crippen LogP contribution < -0.4 is 5.32 Å². The molecule has 0 atom stereocenters. The van der Waals surface area contributed by atoms with Crippen molar-refractivity contribution in [1.82, 2.24) is 35.2 Å². The molecule has 146 valence electrons. The molecule has 2 aliphatic heterocycles. The Morgan fingerprint density at radius 1 is 1.14 bits per heavy atom. The molecule has 0 amide bonds. The van der Waals surface area contributed by atoms with Gasteiger partial charge in [-0.2, -0.15) is 5.10 Å². The zero-order valence-corrected chi connectivity index (χ0v) is 16.5. The van der Waals surface area contributed by atoms with Gasteiger partial charge >= 0.3 is 0 Å². The Labute approximate surface area is 169 Å². The van der Waals surface area contributed by atoms with Gasteiger partial charge in [-0.05, 0) is 38.1 Å². The summed E-state index contributed by atoms with van der Waals surface area (Å²) in [5.41, 5.74) is 3.36. The molecule has 0 spiro atoms. The number of nitrogens with zero attached hydrogens (tertiary/aromatic N) is 5. The number of nitrogens with one attached hydrogen (secondary N) is 2. The summed E-state index contributed by atoms with van der Waals surface area (Å²) in [4.78, 5) is 2.50. The highest BCUT2D eigenvalue weighted by Crippen LogP contribution is 2.30. The molecule has 0 unspecified atom stereocenters. The number of aromatic amines is 1. The van der Waals surface area contributed by atoms with E-state index in [-0.39, 0.29) is 0 Å². The van der Waals surface area contributed by atoms with Gasteiger partial charge in [-0.25, -0.2) is 0 Å². The summed E-state index contributed by atoms with van der Waals surface area (Å²) in [7, 11) is 0. The SMILES string of the molecule is Clc1cccc(-c2[nH]ncc2CN2CCC(c3nnc4n3CCNC4)CC2)c1. The second-order valence-electron chi connectivity index (χ2n) is 7.63. The number of aromatic nitrogens is 5. The Kier molecular flexibility index (Phi) is 4.88. The Bertz CT molecular complexity index is 955. The van der Waals surface area contributed by atoms with Gasteiger partial charge in [-0.3, -0.25) is 10.00 Å². The first-order valence-electron chi connectivity index (χ1n) is 9.91. The van der Waals surface area contributed by atoms with Crippen LogP contribution in [-0.4, -0.2) is 49.5 Å². The number of rotatable bonds is 4. The molecule has 5 rings (SSSR count). The molecule has 28 heavy (non-hydrogen) atoms. The lowest BCUT2D eigenvalue weighted by Crippen LogP contribution is -2.34. The monoisotopic (exact) mass is 397 g/mol. The lowest BCUT2D eigenvalue weighted by Gasteiger charge is -2.32. The summed E-state index contributed by atoms with van der Waals surface area (Å²) in [6.45, 7) is 5.83. The zero-order chi connectivity index (χ0) is 18.9. The number of hydrogen-bond acceptors (Lipinski definition) is 5. The Balaban J connectivity index is 1.25. The van der Waals surface area contributed by atoms with Crippen LogP contribution >= 0.6 is 11.6 Å². The van der Waals surface area contributed by atoms with E-state index < -0.39 is 0 Å². The van der Waals surface area contributed by atoms with Gasteiger partial charge < -0.3 is 9.88 Å². The highest BCUT2D eigenvalue weighted by atomic mass is 35.5. The van der Waals surface area contributed by atoms with Crippen molar-refractivity contribution in [1.29, 1.82) is 0 Å². The molecule has 7 nitrogen and oxygen atoms in total. The van der Waals surface area contributed by atoms with Gasteiger partial charge in [0.1, 0.15) is 11.6 Å². The standard InChI is InChI=1S/C20H24ClN7/c21-17-3-1-2-15(10-17)19-16(11-23-25-19)13-27-7-4-14(5-8-27)20-26-24-18-12-22-6-9-28(18)20/h1-3,10-11,14,22H,4-9,12-13H2,(H,23,25). The van der Waals surface area contributed by atoms with E-state index in [9.17, 15) is 0 Å². The molecule has 0 bridgehead atoms. The molecule has 2 aromatic heterocycles. The van der Waals surface area contributed by atoms with Crippen LogP contribution in [0.5, 0.6) is 0 Å². The Morgan fingerprint density at radius 2 is 2.04 bits per heavy atom. The normalized spacial score (nSPS) is 18.3. The summed E-state index contributed by atoms with van der Waals surface area (Å²) < 4.78 is 2.32. The van der Waals surface area contributed by atoms with Crippen molar-refractivity contribution in [3.8, 4) is 11.3 Å². The molecular weight excluding hydrogens is 374 g/mol. The van der Waals surface area contributed by atoms with Crippen LogP contribution in [0.2, 0.25) is 5.02 Å². The predicted molar refractivity (Wildman–Crippen MR) is 108 cm³/mol. The maximum Gasteiger partial charge on any atom is 0.147 e. The smallest absolute Gasteiger partial charge is 0.147 e. The molecule has 0 aliphatic carbocycles. The van der Waals surface area contributed by atoms with E-state index in [1.54, 1.807) is 0 Å². The number of likely N-dealkylation sites (tertiary alicyclic amines) is 1. The van der Waals surface area contributed by atoms with Crippen LogP contribution in [0.15, 0.2) is 30.5 Å². The quantitative estimate of drug-likeness (QED) is 0.708. The predicted octanol–water partition coefficient (Wildman–Crippen LogP) is 2.80. The molecule has 2 N–H and O–H groups in total. The highest BCUT2D eigenvalue weighted by molar-refractivity contribution is 6.30. The Hall–Kier alpha value is -2.22. The first-order chi connectivity index (χ1) is 13.8. The minimum Gasteiger partial charge on any atom is -0.312 e. The summed E-state index contributed by atoms with van der Waals surface area (Å²) in [6, 6.07) is 7.92.